The van der Waals surface area contributed by atoms with Crippen LogP contribution in [0.2, 0.25) is 0 Å². The zero-order chi connectivity index (χ0) is 15.6. The largest absolute Gasteiger partial charge is 0.386 e. The third kappa shape index (κ3) is 2.95. The molecule has 0 saturated heterocycles. The van der Waals surface area contributed by atoms with Crippen LogP contribution in [-0.2, 0) is 5.60 Å². The Morgan fingerprint density at radius 3 is 1.55 bits per heavy atom. The van der Waals surface area contributed by atoms with E-state index in [-0.39, 0.29) is 0 Å². The van der Waals surface area contributed by atoms with Crippen molar-refractivity contribution in [3.8, 4) is 22.3 Å². The monoisotopic (exact) mass is 288 g/mol. The highest BCUT2D eigenvalue weighted by Gasteiger charge is 2.15. The van der Waals surface area contributed by atoms with E-state index in [1.54, 1.807) is 13.8 Å². The van der Waals surface area contributed by atoms with Crippen molar-refractivity contribution in [2.24, 2.45) is 0 Å². The van der Waals surface area contributed by atoms with Gasteiger partial charge in [0.2, 0.25) is 0 Å². The molecule has 22 heavy (non-hydrogen) atoms. The lowest BCUT2D eigenvalue weighted by atomic mass is 9.92. The second-order valence-electron chi connectivity index (χ2n) is 6.05. The van der Waals surface area contributed by atoms with Crippen molar-refractivity contribution in [3.05, 3.63) is 84.4 Å². The highest BCUT2D eigenvalue weighted by Crippen LogP contribution is 2.32. The zero-order valence-electron chi connectivity index (χ0n) is 13.0. The Balaban J connectivity index is 2.06. The van der Waals surface area contributed by atoms with Crippen LogP contribution in [0.1, 0.15) is 19.4 Å². The lowest BCUT2D eigenvalue weighted by molar-refractivity contribution is 0.0786. The van der Waals surface area contributed by atoms with Crippen molar-refractivity contribution >= 4 is 0 Å². The van der Waals surface area contributed by atoms with Gasteiger partial charge in [0.15, 0.2) is 0 Å². The molecule has 3 aromatic rings. The first-order valence-corrected chi connectivity index (χ1v) is 7.53. The summed E-state index contributed by atoms with van der Waals surface area (Å²) < 4.78 is 0. The van der Waals surface area contributed by atoms with Crippen LogP contribution in [0.3, 0.4) is 0 Å². The maximum Gasteiger partial charge on any atom is 0.0840 e. The summed E-state index contributed by atoms with van der Waals surface area (Å²) in [6.45, 7) is 3.61. The first-order valence-electron chi connectivity index (χ1n) is 7.53. The van der Waals surface area contributed by atoms with Crippen LogP contribution in [0.25, 0.3) is 22.3 Å². The van der Waals surface area contributed by atoms with Crippen molar-refractivity contribution in [3.63, 3.8) is 0 Å². The molecule has 3 aromatic carbocycles. The van der Waals surface area contributed by atoms with Gasteiger partial charge in [-0.05, 0) is 41.7 Å². The molecule has 0 aliphatic carbocycles. The zero-order valence-corrected chi connectivity index (χ0v) is 13.0. The molecule has 3 rings (SSSR count). The molecule has 0 heterocycles. The molecule has 0 atom stereocenters. The molecule has 1 nitrogen and oxygen atoms in total. The molecular formula is C21H20O. The summed E-state index contributed by atoms with van der Waals surface area (Å²) in [5.41, 5.74) is 4.91. The first-order chi connectivity index (χ1) is 10.6. The van der Waals surface area contributed by atoms with Crippen molar-refractivity contribution in [1.82, 2.24) is 0 Å². The lowest BCUT2D eigenvalue weighted by Gasteiger charge is -2.18. The van der Waals surface area contributed by atoms with Crippen LogP contribution in [0.15, 0.2) is 78.9 Å². The van der Waals surface area contributed by atoms with Gasteiger partial charge in [-0.2, -0.15) is 0 Å². The Bertz CT molecular complexity index is 750. The van der Waals surface area contributed by atoms with Crippen molar-refractivity contribution in [1.29, 1.82) is 0 Å². The van der Waals surface area contributed by atoms with Gasteiger partial charge in [-0.3, -0.25) is 0 Å². The summed E-state index contributed by atoms with van der Waals surface area (Å²) in [5, 5.41) is 10.1. The fraction of sp³-hybridized carbons (Fsp3) is 0.143. The van der Waals surface area contributed by atoms with Gasteiger partial charge in [-0.1, -0.05) is 78.9 Å². The van der Waals surface area contributed by atoms with Gasteiger partial charge in [0, 0.05) is 0 Å². The number of hydrogen-bond donors (Lipinski definition) is 1. The van der Waals surface area contributed by atoms with E-state index in [0.29, 0.717) is 0 Å². The molecule has 110 valence electrons. The van der Waals surface area contributed by atoms with Gasteiger partial charge < -0.3 is 5.11 Å². The van der Waals surface area contributed by atoms with E-state index in [1.807, 2.05) is 18.2 Å². The Kier molecular flexibility index (Phi) is 3.82. The molecule has 0 aliphatic rings. The summed E-state index contributed by atoms with van der Waals surface area (Å²) in [5.74, 6) is 0. The number of aliphatic hydroxyl groups is 1. The summed E-state index contributed by atoms with van der Waals surface area (Å²) >= 11 is 0. The third-order valence-corrected chi connectivity index (χ3v) is 3.91. The van der Waals surface area contributed by atoms with Crippen molar-refractivity contribution in [2.75, 3.05) is 0 Å². The van der Waals surface area contributed by atoms with E-state index < -0.39 is 5.60 Å². The highest BCUT2D eigenvalue weighted by molar-refractivity contribution is 5.83. The van der Waals surface area contributed by atoms with E-state index in [9.17, 15) is 5.11 Å². The minimum Gasteiger partial charge on any atom is -0.386 e. The minimum absolute atomic E-state index is 0.808. The number of benzene rings is 3. The normalized spacial score (nSPS) is 11.4. The van der Waals surface area contributed by atoms with E-state index >= 15 is 0 Å². The van der Waals surface area contributed by atoms with Gasteiger partial charge in [0.1, 0.15) is 0 Å². The summed E-state index contributed by atoms with van der Waals surface area (Å²) in [7, 11) is 0. The first kappa shape index (κ1) is 14.6. The Morgan fingerprint density at radius 2 is 1.05 bits per heavy atom. The minimum atomic E-state index is -0.808. The maximum atomic E-state index is 10.1. The van der Waals surface area contributed by atoms with Crippen molar-refractivity contribution in [2.45, 2.75) is 19.4 Å². The van der Waals surface area contributed by atoms with Gasteiger partial charge in [0.25, 0.3) is 0 Å². The van der Waals surface area contributed by atoms with Crippen LogP contribution in [0, 0.1) is 0 Å². The smallest absolute Gasteiger partial charge is 0.0840 e. The molecule has 0 radical (unpaired) electrons. The van der Waals surface area contributed by atoms with E-state index in [4.69, 9.17) is 0 Å². The fourth-order valence-electron chi connectivity index (χ4n) is 2.66. The molecule has 0 aliphatic heterocycles. The topological polar surface area (TPSA) is 20.2 Å². The quantitative estimate of drug-likeness (QED) is 0.698. The van der Waals surface area contributed by atoms with Crippen LogP contribution in [0.5, 0.6) is 0 Å². The molecule has 0 saturated carbocycles. The summed E-state index contributed by atoms with van der Waals surface area (Å²) in [6.07, 6.45) is 0. The fourth-order valence-corrected chi connectivity index (χ4v) is 2.66. The molecule has 0 bridgehead atoms. The van der Waals surface area contributed by atoms with Gasteiger partial charge in [-0.15, -0.1) is 0 Å². The summed E-state index contributed by atoms with van der Waals surface area (Å²) in [4.78, 5) is 0. The predicted octanol–water partition coefficient (Wildman–Crippen LogP) is 5.25. The van der Waals surface area contributed by atoms with Crippen LogP contribution in [0.4, 0.5) is 0 Å². The van der Waals surface area contributed by atoms with E-state index in [0.717, 1.165) is 11.1 Å². The second kappa shape index (κ2) is 5.78. The molecule has 1 heteroatoms. The predicted molar refractivity (Wildman–Crippen MR) is 92.6 cm³/mol. The number of hydrogen-bond acceptors (Lipinski definition) is 1. The molecule has 0 fully saturated rings. The van der Waals surface area contributed by atoms with Crippen LogP contribution in [-0.4, -0.2) is 5.11 Å². The third-order valence-electron chi connectivity index (χ3n) is 3.91. The maximum absolute atomic E-state index is 10.1. The second-order valence-corrected chi connectivity index (χ2v) is 6.05. The van der Waals surface area contributed by atoms with E-state index in [1.165, 1.54) is 16.7 Å². The molecule has 1 N–H and O–H groups in total. The van der Waals surface area contributed by atoms with Crippen LogP contribution < -0.4 is 0 Å². The Morgan fingerprint density at radius 1 is 0.591 bits per heavy atom. The average Bonchev–Trinajstić information content (AvgIpc) is 2.55. The Hall–Kier alpha value is -2.38. The number of rotatable bonds is 3. The van der Waals surface area contributed by atoms with Gasteiger partial charge >= 0.3 is 0 Å². The molecule has 0 amide bonds. The van der Waals surface area contributed by atoms with Crippen molar-refractivity contribution < 1.29 is 5.11 Å². The van der Waals surface area contributed by atoms with Crippen LogP contribution >= 0.6 is 0 Å². The summed E-state index contributed by atoms with van der Waals surface area (Å²) in [6, 6.07) is 27.0. The molecule has 0 unspecified atom stereocenters. The highest BCUT2D eigenvalue weighted by atomic mass is 16.3. The van der Waals surface area contributed by atoms with Gasteiger partial charge in [-0.25, -0.2) is 0 Å². The standard InChI is InChI=1S/C21H20O/c1-21(2,22)18-14-12-17(13-15-18)20-11-7-6-10-19(20)16-8-4-3-5-9-16/h3-15,22H,1-2H3. The Labute approximate surface area is 131 Å². The lowest BCUT2D eigenvalue weighted by Crippen LogP contribution is -2.14. The van der Waals surface area contributed by atoms with Gasteiger partial charge in [0.05, 0.1) is 5.60 Å². The molecule has 0 spiro atoms. The average molecular weight is 288 g/mol. The van der Waals surface area contributed by atoms with E-state index in [2.05, 4.69) is 60.7 Å². The molecular weight excluding hydrogens is 268 g/mol. The SMILES string of the molecule is CC(C)(O)c1ccc(-c2ccccc2-c2ccccc2)cc1. The molecule has 0 aromatic heterocycles.